The average molecular weight is 298 g/mol. The van der Waals surface area contributed by atoms with Crippen LogP contribution in [-0.4, -0.2) is 25.7 Å². The van der Waals surface area contributed by atoms with E-state index in [2.05, 4.69) is 0 Å². The average Bonchev–Trinajstić information content (AvgIpc) is 2.71. The Labute approximate surface area is 116 Å². The molecule has 0 radical (unpaired) electrons. The van der Waals surface area contributed by atoms with Gasteiger partial charge in [0, 0.05) is 10.9 Å². The van der Waals surface area contributed by atoms with E-state index in [1.165, 1.54) is 0 Å². The summed E-state index contributed by atoms with van der Waals surface area (Å²) in [6.07, 6.45) is 0.305. The van der Waals surface area contributed by atoms with Gasteiger partial charge in [0.15, 0.2) is 15.6 Å². The van der Waals surface area contributed by atoms with Crippen LogP contribution in [0.3, 0.4) is 0 Å². The smallest absolute Gasteiger partial charge is 0.158 e. The third-order valence-corrected chi connectivity index (χ3v) is 5.23. The van der Waals surface area contributed by atoms with Crippen LogP contribution in [0.5, 0.6) is 0 Å². The van der Waals surface area contributed by atoms with Crippen LogP contribution in [0, 0.1) is 17.2 Å². The van der Waals surface area contributed by atoms with Gasteiger partial charge in [-0.1, -0.05) is 23.7 Å². The number of ketones is 1. The van der Waals surface area contributed by atoms with Gasteiger partial charge in [0.25, 0.3) is 0 Å². The predicted molar refractivity (Wildman–Crippen MR) is 71.6 cm³/mol. The van der Waals surface area contributed by atoms with Crippen LogP contribution < -0.4 is 0 Å². The number of rotatable bonds is 3. The lowest BCUT2D eigenvalue weighted by Crippen LogP contribution is -2.22. The first kappa shape index (κ1) is 14.0. The zero-order valence-electron chi connectivity index (χ0n) is 10.0. The number of sulfone groups is 1. The number of hydrogen-bond acceptors (Lipinski definition) is 4. The normalized spacial score (nSPS) is 22.6. The van der Waals surface area contributed by atoms with E-state index < -0.39 is 21.7 Å². The van der Waals surface area contributed by atoms with E-state index in [4.69, 9.17) is 16.9 Å². The molecule has 2 atom stereocenters. The van der Waals surface area contributed by atoms with Crippen molar-refractivity contribution >= 4 is 27.2 Å². The third-order valence-electron chi connectivity index (χ3n) is 3.23. The zero-order chi connectivity index (χ0) is 14.0. The molecule has 1 aliphatic heterocycles. The Morgan fingerprint density at radius 3 is 2.74 bits per heavy atom. The molecule has 0 N–H and O–H groups in total. The van der Waals surface area contributed by atoms with Crippen LogP contribution in [0.4, 0.5) is 0 Å². The van der Waals surface area contributed by atoms with Gasteiger partial charge >= 0.3 is 0 Å². The van der Waals surface area contributed by atoms with Gasteiger partial charge in [-0.2, -0.15) is 5.26 Å². The van der Waals surface area contributed by atoms with Crippen molar-refractivity contribution in [2.24, 2.45) is 5.92 Å². The number of nitriles is 1. The highest BCUT2D eigenvalue weighted by atomic mass is 35.5. The first-order chi connectivity index (χ1) is 8.93. The van der Waals surface area contributed by atoms with E-state index in [9.17, 15) is 13.2 Å². The standard InChI is InChI=1S/C13H12ClNO3S/c14-11-3-1-2-9(6-11)12(7-15)13(16)10-4-5-19(17,18)8-10/h1-3,6,10,12H,4-5,8H2. The van der Waals surface area contributed by atoms with Crippen molar-refractivity contribution in [2.75, 3.05) is 11.5 Å². The Kier molecular flexibility index (Phi) is 3.93. The number of benzene rings is 1. The van der Waals surface area contributed by atoms with Crippen LogP contribution in [0.1, 0.15) is 17.9 Å². The maximum Gasteiger partial charge on any atom is 0.158 e. The van der Waals surface area contributed by atoms with Crippen molar-refractivity contribution in [1.82, 2.24) is 0 Å². The van der Waals surface area contributed by atoms with Crippen LogP contribution >= 0.6 is 11.6 Å². The van der Waals surface area contributed by atoms with Crippen molar-refractivity contribution < 1.29 is 13.2 Å². The summed E-state index contributed by atoms with van der Waals surface area (Å²) < 4.78 is 22.8. The van der Waals surface area contributed by atoms with E-state index in [-0.39, 0.29) is 17.3 Å². The molecule has 1 fully saturated rings. The number of carbonyl (C=O) groups excluding carboxylic acids is 1. The Bertz CT molecular complexity index is 648. The second-order valence-electron chi connectivity index (χ2n) is 4.62. The highest BCUT2D eigenvalue weighted by Gasteiger charge is 2.36. The molecule has 0 saturated carbocycles. The maximum absolute atomic E-state index is 12.2. The summed E-state index contributed by atoms with van der Waals surface area (Å²) >= 11 is 5.84. The molecule has 6 heteroatoms. The van der Waals surface area contributed by atoms with Gasteiger partial charge in [-0.05, 0) is 24.1 Å². The Hall–Kier alpha value is -1.38. The highest BCUT2D eigenvalue weighted by molar-refractivity contribution is 7.91. The van der Waals surface area contributed by atoms with Crippen molar-refractivity contribution in [1.29, 1.82) is 5.26 Å². The molecule has 1 aliphatic rings. The summed E-state index contributed by atoms with van der Waals surface area (Å²) in [6, 6.07) is 8.49. The first-order valence-electron chi connectivity index (χ1n) is 5.82. The van der Waals surface area contributed by atoms with E-state index >= 15 is 0 Å². The third kappa shape index (κ3) is 3.14. The minimum atomic E-state index is -3.13. The molecule has 100 valence electrons. The van der Waals surface area contributed by atoms with Crippen LogP contribution in [0.15, 0.2) is 24.3 Å². The predicted octanol–water partition coefficient (Wildman–Crippen LogP) is 1.95. The second kappa shape index (κ2) is 5.32. The van der Waals surface area contributed by atoms with E-state index in [0.717, 1.165) is 0 Å². The largest absolute Gasteiger partial charge is 0.297 e. The lowest BCUT2D eigenvalue weighted by Gasteiger charge is -2.12. The quantitative estimate of drug-likeness (QED) is 0.854. The minimum Gasteiger partial charge on any atom is -0.297 e. The Morgan fingerprint density at radius 1 is 1.47 bits per heavy atom. The molecule has 1 aromatic carbocycles. The van der Waals surface area contributed by atoms with Gasteiger partial charge < -0.3 is 0 Å². The van der Waals surface area contributed by atoms with Crippen molar-refractivity contribution in [2.45, 2.75) is 12.3 Å². The molecule has 2 unspecified atom stereocenters. The fourth-order valence-corrected chi connectivity index (χ4v) is 4.20. The summed E-state index contributed by atoms with van der Waals surface area (Å²) in [5.41, 5.74) is 0.518. The van der Waals surface area contributed by atoms with Gasteiger partial charge in [-0.3, -0.25) is 4.79 Å². The summed E-state index contributed by atoms with van der Waals surface area (Å²) in [5, 5.41) is 9.62. The number of nitrogens with zero attached hydrogens (tertiary/aromatic N) is 1. The molecule has 1 aromatic rings. The number of halogens is 1. The van der Waals surface area contributed by atoms with Crippen LogP contribution in [0.2, 0.25) is 5.02 Å². The Morgan fingerprint density at radius 2 is 2.21 bits per heavy atom. The topological polar surface area (TPSA) is 75.0 Å². The zero-order valence-corrected chi connectivity index (χ0v) is 11.6. The molecule has 0 aromatic heterocycles. The molecule has 1 saturated heterocycles. The Balaban J connectivity index is 2.24. The van der Waals surface area contributed by atoms with Crippen molar-refractivity contribution in [3.63, 3.8) is 0 Å². The van der Waals surface area contributed by atoms with Gasteiger partial charge in [0.05, 0.1) is 17.6 Å². The van der Waals surface area contributed by atoms with E-state index in [0.29, 0.717) is 17.0 Å². The highest BCUT2D eigenvalue weighted by Crippen LogP contribution is 2.28. The molecule has 2 rings (SSSR count). The molecule has 1 heterocycles. The molecular weight excluding hydrogens is 286 g/mol. The monoisotopic (exact) mass is 297 g/mol. The fourth-order valence-electron chi connectivity index (χ4n) is 2.24. The molecule has 19 heavy (non-hydrogen) atoms. The van der Waals surface area contributed by atoms with Gasteiger partial charge in [-0.15, -0.1) is 0 Å². The van der Waals surface area contributed by atoms with Gasteiger partial charge in [-0.25, -0.2) is 8.42 Å². The van der Waals surface area contributed by atoms with E-state index in [1.54, 1.807) is 24.3 Å². The first-order valence-corrected chi connectivity index (χ1v) is 8.02. The molecular formula is C13H12ClNO3S. The van der Waals surface area contributed by atoms with Crippen molar-refractivity contribution in [3.05, 3.63) is 34.9 Å². The summed E-state index contributed by atoms with van der Waals surface area (Å²) in [4.78, 5) is 12.2. The SMILES string of the molecule is N#CC(C(=O)C1CCS(=O)(=O)C1)c1cccc(Cl)c1. The van der Waals surface area contributed by atoms with Crippen molar-refractivity contribution in [3.8, 4) is 6.07 Å². The summed E-state index contributed by atoms with van der Waals surface area (Å²) in [5.74, 6) is -1.97. The fraction of sp³-hybridized carbons (Fsp3) is 0.385. The molecule has 0 bridgehead atoms. The van der Waals surface area contributed by atoms with Gasteiger partial charge in [0.1, 0.15) is 5.92 Å². The minimum absolute atomic E-state index is 0.0249. The number of Topliss-reactive ketones (excluding diaryl/α,β-unsaturated/α-hetero) is 1. The lowest BCUT2D eigenvalue weighted by atomic mass is 9.88. The summed E-state index contributed by atoms with van der Waals surface area (Å²) in [7, 11) is -3.13. The molecule has 0 amide bonds. The number of carbonyl (C=O) groups is 1. The molecule has 4 nitrogen and oxygen atoms in total. The maximum atomic E-state index is 12.2. The molecule has 0 spiro atoms. The second-order valence-corrected chi connectivity index (χ2v) is 7.28. The molecule has 0 aliphatic carbocycles. The van der Waals surface area contributed by atoms with Gasteiger partial charge in [0.2, 0.25) is 0 Å². The lowest BCUT2D eigenvalue weighted by molar-refractivity contribution is -0.122. The van der Waals surface area contributed by atoms with Crippen LogP contribution in [-0.2, 0) is 14.6 Å². The summed E-state index contributed by atoms with van der Waals surface area (Å²) in [6.45, 7) is 0. The number of hydrogen-bond donors (Lipinski definition) is 0. The van der Waals surface area contributed by atoms with Crippen LogP contribution in [0.25, 0.3) is 0 Å². The van der Waals surface area contributed by atoms with E-state index in [1.807, 2.05) is 6.07 Å².